The molecule has 0 N–H and O–H groups in total. The van der Waals surface area contributed by atoms with Gasteiger partial charge in [-0.15, -0.1) is 0 Å². The quantitative estimate of drug-likeness (QED) is 0.558. The average molecular weight is 312 g/mol. The van der Waals surface area contributed by atoms with Crippen LogP contribution in [-0.2, 0) is 0 Å². The molecule has 3 rings (SSSR count). The van der Waals surface area contributed by atoms with E-state index in [2.05, 4.69) is 6.92 Å². The molecule has 0 heterocycles. The molecule has 0 aromatic rings. The van der Waals surface area contributed by atoms with Crippen molar-refractivity contribution in [1.82, 2.24) is 0 Å². The van der Waals surface area contributed by atoms with Gasteiger partial charge in [0.2, 0.25) is 0 Å². The molecule has 0 spiro atoms. The van der Waals surface area contributed by atoms with Gasteiger partial charge in [0, 0.05) is 0 Å². The summed E-state index contributed by atoms with van der Waals surface area (Å²) in [6, 6.07) is 0. The van der Waals surface area contributed by atoms with Crippen molar-refractivity contribution < 1.29 is 8.78 Å². The number of rotatable bonds is 2. The summed E-state index contributed by atoms with van der Waals surface area (Å²) < 4.78 is 28.4. The van der Waals surface area contributed by atoms with Crippen LogP contribution in [0.4, 0.5) is 8.78 Å². The van der Waals surface area contributed by atoms with Gasteiger partial charge < -0.3 is 0 Å². The van der Waals surface area contributed by atoms with Crippen LogP contribution < -0.4 is 0 Å². The fraction of sp³-hybridized carbons (Fsp3) is 1.00. The lowest BCUT2D eigenvalue weighted by Crippen LogP contribution is -2.41. The summed E-state index contributed by atoms with van der Waals surface area (Å²) in [6.45, 7) is 4.25. The van der Waals surface area contributed by atoms with Gasteiger partial charge in [-0.05, 0) is 86.9 Å². The summed E-state index contributed by atoms with van der Waals surface area (Å²) in [5.41, 5.74) is 0. The van der Waals surface area contributed by atoms with Crippen LogP contribution in [0.2, 0.25) is 0 Å². The monoisotopic (exact) mass is 312 g/mol. The number of halogens is 2. The van der Waals surface area contributed by atoms with E-state index < -0.39 is 12.3 Å². The molecule has 4 atom stereocenters. The second-order valence-electron chi connectivity index (χ2n) is 8.80. The molecule has 0 aromatic carbocycles. The molecule has 22 heavy (non-hydrogen) atoms. The van der Waals surface area contributed by atoms with E-state index in [1.54, 1.807) is 0 Å². The highest BCUT2D eigenvalue weighted by Gasteiger charge is 2.43. The van der Waals surface area contributed by atoms with E-state index in [1.807, 2.05) is 6.92 Å². The zero-order chi connectivity index (χ0) is 15.7. The Balaban J connectivity index is 1.49. The van der Waals surface area contributed by atoms with Crippen molar-refractivity contribution in [2.24, 2.45) is 35.5 Å². The highest BCUT2D eigenvalue weighted by atomic mass is 19.2. The number of hydrogen-bond acceptors (Lipinski definition) is 0. The maximum absolute atomic E-state index is 14.4. The zero-order valence-electron chi connectivity index (χ0n) is 14.4. The first kappa shape index (κ1) is 16.7. The predicted molar refractivity (Wildman–Crippen MR) is 88.3 cm³/mol. The van der Waals surface area contributed by atoms with E-state index in [0.29, 0.717) is 5.92 Å². The Morgan fingerprint density at radius 1 is 0.545 bits per heavy atom. The Bertz CT molecular complexity index is 340. The van der Waals surface area contributed by atoms with Crippen LogP contribution in [-0.4, -0.2) is 12.3 Å². The molecule has 3 saturated carbocycles. The van der Waals surface area contributed by atoms with Crippen molar-refractivity contribution in [1.29, 1.82) is 0 Å². The molecule has 3 fully saturated rings. The summed E-state index contributed by atoms with van der Waals surface area (Å²) in [5.74, 6) is 3.12. The molecule has 0 nitrogen and oxygen atoms in total. The van der Waals surface area contributed by atoms with E-state index in [-0.39, 0.29) is 11.8 Å². The maximum atomic E-state index is 14.4. The summed E-state index contributed by atoms with van der Waals surface area (Å²) in [6.07, 6.45) is 9.89. The van der Waals surface area contributed by atoms with Crippen LogP contribution in [0.25, 0.3) is 0 Å². The maximum Gasteiger partial charge on any atom is 0.134 e. The highest BCUT2D eigenvalue weighted by molar-refractivity contribution is 4.92. The fourth-order valence-electron chi connectivity index (χ4n) is 5.62. The van der Waals surface area contributed by atoms with Crippen molar-refractivity contribution in [3.63, 3.8) is 0 Å². The van der Waals surface area contributed by atoms with Crippen LogP contribution >= 0.6 is 0 Å². The summed E-state index contributed by atoms with van der Waals surface area (Å²) in [4.78, 5) is 0. The topological polar surface area (TPSA) is 0 Å². The first-order valence-corrected chi connectivity index (χ1v) is 9.84. The van der Waals surface area contributed by atoms with Gasteiger partial charge in [-0.25, -0.2) is 8.78 Å². The third-order valence-corrected chi connectivity index (χ3v) is 7.36. The van der Waals surface area contributed by atoms with Crippen molar-refractivity contribution >= 4 is 0 Å². The molecule has 0 aliphatic heterocycles. The molecule has 0 radical (unpaired) electrons. The summed E-state index contributed by atoms with van der Waals surface area (Å²) in [7, 11) is 0. The molecule has 128 valence electrons. The Morgan fingerprint density at radius 3 is 1.64 bits per heavy atom. The molecule has 0 aromatic heterocycles. The van der Waals surface area contributed by atoms with Gasteiger partial charge in [0.05, 0.1) is 0 Å². The van der Waals surface area contributed by atoms with Gasteiger partial charge in [-0.1, -0.05) is 26.7 Å². The standard InChI is InChI=1S/C20H34F2/c1-13-3-6-15(7-4-13)16-8-10-17(11-9-16)18-12-5-14(2)19(21)20(18)22/h13-20H,3-12H2,1-2H3. The molecule has 0 bridgehead atoms. The zero-order valence-corrected chi connectivity index (χ0v) is 14.4. The van der Waals surface area contributed by atoms with Gasteiger partial charge in [-0.2, -0.15) is 0 Å². The van der Waals surface area contributed by atoms with Crippen molar-refractivity contribution in [3.8, 4) is 0 Å². The molecule has 2 heteroatoms. The summed E-state index contributed by atoms with van der Waals surface area (Å²) >= 11 is 0. The molecule has 3 aliphatic carbocycles. The molecular weight excluding hydrogens is 278 g/mol. The predicted octanol–water partition coefficient (Wildman–Crippen LogP) is 6.34. The second kappa shape index (κ2) is 7.18. The van der Waals surface area contributed by atoms with Crippen LogP contribution in [0.3, 0.4) is 0 Å². The molecular formula is C20H34F2. The average Bonchev–Trinajstić information content (AvgIpc) is 2.54. The Morgan fingerprint density at radius 2 is 1.05 bits per heavy atom. The number of alkyl halides is 2. The third-order valence-electron chi connectivity index (χ3n) is 7.36. The van der Waals surface area contributed by atoms with Gasteiger partial charge in [0.1, 0.15) is 12.3 Å². The second-order valence-corrected chi connectivity index (χ2v) is 8.80. The van der Waals surface area contributed by atoms with E-state index in [1.165, 1.54) is 38.5 Å². The van der Waals surface area contributed by atoms with Gasteiger partial charge in [0.15, 0.2) is 0 Å². The van der Waals surface area contributed by atoms with E-state index in [0.717, 1.165) is 43.4 Å². The van der Waals surface area contributed by atoms with Gasteiger partial charge in [0.25, 0.3) is 0 Å². The minimum atomic E-state index is -1.21. The first-order valence-electron chi connectivity index (χ1n) is 9.84. The van der Waals surface area contributed by atoms with E-state index >= 15 is 0 Å². The lowest BCUT2D eigenvalue weighted by atomic mass is 9.64. The van der Waals surface area contributed by atoms with Crippen molar-refractivity contribution in [2.45, 2.75) is 90.4 Å². The highest BCUT2D eigenvalue weighted by Crippen LogP contribution is 2.46. The van der Waals surface area contributed by atoms with Crippen molar-refractivity contribution in [3.05, 3.63) is 0 Å². The van der Waals surface area contributed by atoms with Gasteiger partial charge >= 0.3 is 0 Å². The smallest absolute Gasteiger partial charge is 0.134 e. The fourth-order valence-corrected chi connectivity index (χ4v) is 5.62. The molecule has 4 unspecified atom stereocenters. The minimum Gasteiger partial charge on any atom is -0.244 e. The van der Waals surface area contributed by atoms with Crippen molar-refractivity contribution in [2.75, 3.05) is 0 Å². The van der Waals surface area contributed by atoms with Crippen LogP contribution in [0, 0.1) is 35.5 Å². The van der Waals surface area contributed by atoms with Crippen LogP contribution in [0.15, 0.2) is 0 Å². The van der Waals surface area contributed by atoms with Gasteiger partial charge in [-0.3, -0.25) is 0 Å². The SMILES string of the molecule is CC1CCC(C2CCC(C3CCC(C)C(F)C3F)CC2)CC1. The third kappa shape index (κ3) is 3.51. The lowest BCUT2D eigenvalue weighted by Gasteiger charge is -2.42. The Labute approximate surface area is 135 Å². The van der Waals surface area contributed by atoms with E-state index in [9.17, 15) is 8.78 Å². The molecule has 0 amide bonds. The Kier molecular flexibility index (Phi) is 5.45. The molecule has 3 aliphatic rings. The molecule has 0 saturated heterocycles. The largest absolute Gasteiger partial charge is 0.244 e. The number of hydrogen-bond donors (Lipinski definition) is 0. The lowest BCUT2D eigenvalue weighted by molar-refractivity contribution is -0.00996. The minimum absolute atomic E-state index is 0.0125. The Hall–Kier alpha value is -0.140. The normalized spacial score (nSPS) is 50.7. The van der Waals surface area contributed by atoms with Crippen LogP contribution in [0.5, 0.6) is 0 Å². The first-order chi connectivity index (χ1) is 10.6. The van der Waals surface area contributed by atoms with Crippen LogP contribution in [0.1, 0.15) is 78.1 Å². The summed E-state index contributed by atoms with van der Waals surface area (Å²) in [5, 5.41) is 0. The van der Waals surface area contributed by atoms with E-state index in [4.69, 9.17) is 0 Å².